The summed E-state index contributed by atoms with van der Waals surface area (Å²) in [6, 6.07) is 14.7. The summed E-state index contributed by atoms with van der Waals surface area (Å²) in [5, 5.41) is 6.10. The van der Waals surface area contributed by atoms with E-state index >= 15 is 0 Å². The van der Waals surface area contributed by atoms with E-state index in [2.05, 4.69) is 46.8 Å². The van der Waals surface area contributed by atoms with E-state index in [1.807, 2.05) is 32.9 Å². The summed E-state index contributed by atoms with van der Waals surface area (Å²) in [6.07, 6.45) is 0.655. The molecule has 0 bridgehead atoms. The molecule has 1 aliphatic heterocycles. The summed E-state index contributed by atoms with van der Waals surface area (Å²) < 4.78 is 12.9. The van der Waals surface area contributed by atoms with Gasteiger partial charge in [0.25, 0.3) is 0 Å². The van der Waals surface area contributed by atoms with Gasteiger partial charge in [-0.05, 0) is 63.1 Å². The van der Waals surface area contributed by atoms with Gasteiger partial charge >= 0.3 is 6.09 Å². The highest BCUT2D eigenvalue weighted by molar-refractivity contribution is 5.85. The van der Waals surface area contributed by atoms with E-state index in [-0.39, 0.29) is 6.09 Å². The summed E-state index contributed by atoms with van der Waals surface area (Å²) in [4.78, 5) is 16.5. The number of carbonyl (C=O) groups excluding carboxylic acids is 1. The van der Waals surface area contributed by atoms with Gasteiger partial charge in [-0.3, -0.25) is 4.68 Å². The molecule has 0 spiro atoms. The fraction of sp³-hybridized carbons (Fsp3) is 0.462. The molecule has 1 saturated heterocycles. The third kappa shape index (κ3) is 5.24. The summed E-state index contributed by atoms with van der Waals surface area (Å²) in [7, 11) is 1.68. The zero-order valence-corrected chi connectivity index (χ0v) is 20.3. The number of hydrogen-bond donors (Lipinski definition) is 0. The quantitative estimate of drug-likeness (QED) is 0.563. The molecule has 4 rings (SSSR count). The first-order chi connectivity index (χ1) is 15.8. The van der Waals surface area contributed by atoms with Crippen LogP contribution in [0.4, 0.5) is 10.5 Å². The van der Waals surface area contributed by atoms with Crippen molar-refractivity contribution in [2.75, 3.05) is 38.2 Å². The Kier molecular flexibility index (Phi) is 6.49. The van der Waals surface area contributed by atoms with E-state index in [4.69, 9.17) is 14.6 Å². The van der Waals surface area contributed by atoms with E-state index in [1.54, 1.807) is 12.0 Å². The molecule has 7 nitrogen and oxygen atoms in total. The van der Waals surface area contributed by atoms with Crippen LogP contribution in [0.2, 0.25) is 0 Å². The van der Waals surface area contributed by atoms with Crippen LogP contribution in [-0.4, -0.2) is 59.7 Å². The lowest BCUT2D eigenvalue weighted by molar-refractivity contribution is 0.0240. The molecular formula is C26H34N4O3. The van der Waals surface area contributed by atoms with Crippen LogP contribution in [0.3, 0.4) is 0 Å². The van der Waals surface area contributed by atoms with Crippen molar-refractivity contribution in [1.29, 1.82) is 0 Å². The lowest BCUT2D eigenvalue weighted by atomic mass is 10.1. The first-order valence-electron chi connectivity index (χ1n) is 11.6. The minimum Gasteiger partial charge on any atom is -0.497 e. The molecule has 2 aromatic carbocycles. The maximum atomic E-state index is 12.4. The van der Waals surface area contributed by atoms with Gasteiger partial charge in [0.1, 0.15) is 11.4 Å². The molecule has 1 aliphatic rings. The second kappa shape index (κ2) is 9.33. The summed E-state index contributed by atoms with van der Waals surface area (Å²) in [5.41, 5.74) is 4.11. The number of carbonyl (C=O) groups is 1. The number of hydrogen-bond acceptors (Lipinski definition) is 5. The van der Waals surface area contributed by atoms with Gasteiger partial charge in [0.05, 0.1) is 24.9 Å². The predicted octanol–water partition coefficient (Wildman–Crippen LogP) is 4.71. The van der Waals surface area contributed by atoms with Gasteiger partial charge in [-0.15, -0.1) is 0 Å². The number of piperazine rings is 1. The Hall–Kier alpha value is -3.22. The number of ether oxygens (including phenoxy) is 2. The van der Waals surface area contributed by atoms with Gasteiger partial charge in [-0.25, -0.2) is 4.79 Å². The maximum Gasteiger partial charge on any atom is 0.410 e. The molecule has 0 unspecified atom stereocenters. The lowest BCUT2D eigenvalue weighted by Crippen LogP contribution is -2.50. The van der Waals surface area contributed by atoms with E-state index in [0.29, 0.717) is 19.6 Å². The second-order valence-electron chi connectivity index (χ2n) is 9.46. The minimum absolute atomic E-state index is 0.234. The number of anilines is 1. The zero-order chi connectivity index (χ0) is 23.6. The molecule has 0 aliphatic carbocycles. The SMILES string of the molecule is CCc1nn(Cc2ccc(OC)cc2)c2cc(N3CCN(C(=O)OC(C)(C)C)CC3)ccc12. The van der Waals surface area contributed by atoms with Crippen LogP contribution in [0.15, 0.2) is 42.5 Å². The molecule has 0 saturated carbocycles. The maximum absolute atomic E-state index is 12.4. The molecule has 0 N–H and O–H groups in total. The zero-order valence-electron chi connectivity index (χ0n) is 20.3. The molecular weight excluding hydrogens is 416 g/mol. The van der Waals surface area contributed by atoms with Gasteiger partial charge in [0, 0.05) is 37.3 Å². The number of rotatable bonds is 5. The van der Waals surface area contributed by atoms with Gasteiger partial charge in [0.15, 0.2) is 0 Å². The van der Waals surface area contributed by atoms with Crippen LogP contribution in [-0.2, 0) is 17.7 Å². The monoisotopic (exact) mass is 450 g/mol. The molecule has 2 heterocycles. The van der Waals surface area contributed by atoms with E-state index < -0.39 is 5.60 Å². The number of benzene rings is 2. The molecule has 176 valence electrons. The van der Waals surface area contributed by atoms with Gasteiger partial charge in [0.2, 0.25) is 0 Å². The largest absolute Gasteiger partial charge is 0.497 e. The first-order valence-corrected chi connectivity index (χ1v) is 11.6. The molecule has 0 atom stereocenters. The number of nitrogens with zero attached hydrogens (tertiary/aromatic N) is 4. The summed E-state index contributed by atoms with van der Waals surface area (Å²) in [5.74, 6) is 0.853. The molecule has 0 radical (unpaired) electrons. The number of amides is 1. The first kappa shape index (κ1) is 23.0. The average molecular weight is 451 g/mol. The average Bonchev–Trinajstić information content (AvgIpc) is 3.15. The second-order valence-corrected chi connectivity index (χ2v) is 9.46. The Labute approximate surface area is 195 Å². The number of methoxy groups -OCH3 is 1. The predicted molar refractivity (Wildman–Crippen MR) is 131 cm³/mol. The highest BCUT2D eigenvalue weighted by Gasteiger charge is 2.26. The Morgan fingerprint density at radius 3 is 2.33 bits per heavy atom. The third-order valence-corrected chi connectivity index (χ3v) is 5.93. The van der Waals surface area contributed by atoms with Crippen LogP contribution >= 0.6 is 0 Å². The van der Waals surface area contributed by atoms with Crippen LogP contribution in [0.1, 0.15) is 39.0 Å². The van der Waals surface area contributed by atoms with Crippen LogP contribution < -0.4 is 9.64 Å². The van der Waals surface area contributed by atoms with Crippen LogP contribution in [0, 0.1) is 0 Å². The highest BCUT2D eigenvalue weighted by atomic mass is 16.6. The van der Waals surface area contributed by atoms with Crippen LogP contribution in [0.5, 0.6) is 5.75 Å². The number of aromatic nitrogens is 2. The minimum atomic E-state index is -0.474. The van der Waals surface area contributed by atoms with Gasteiger partial charge in [-0.2, -0.15) is 5.10 Å². The number of fused-ring (bicyclic) bond motifs is 1. The molecule has 1 amide bonds. The van der Waals surface area contributed by atoms with Crippen molar-refractivity contribution in [2.24, 2.45) is 0 Å². The lowest BCUT2D eigenvalue weighted by Gasteiger charge is -2.36. The molecule has 3 aromatic rings. The van der Waals surface area contributed by atoms with Crippen molar-refractivity contribution < 1.29 is 14.3 Å². The molecule has 1 fully saturated rings. The third-order valence-electron chi connectivity index (χ3n) is 5.93. The van der Waals surface area contributed by atoms with Crippen molar-refractivity contribution in [2.45, 2.75) is 46.3 Å². The fourth-order valence-corrected chi connectivity index (χ4v) is 4.19. The Balaban J connectivity index is 1.52. The van der Waals surface area contributed by atoms with Crippen LogP contribution in [0.25, 0.3) is 10.9 Å². The fourth-order valence-electron chi connectivity index (χ4n) is 4.19. The van der Waals surface area contributed by atoms with E-state index in [1.165, 1.54) is 10.9 Å². The Morgan fingerprint density at radius 1 is 1.03 bits per heavy atom. The van der Waals surface area contributed by atoms with Crippen molar-refractivity contribution >= 4 is 22.7 Å². The molecule has 33 heavy (non-hydrogen) atoms. The van der Waals surface area contributed by atoms with E-state index in [0.717, 1.165) is 42.2 Å². The van der Waals surface area contributed by atoms with Crippen molar-refractivity contribution in [3.63, 3.8) is 0 Å². The van der Waals surface area contributed by atoms with Crippen molar-refractivity contribution in [1.82, 2.24) is 14.7 Å². The molecule has 1 aromatic heterocycles. The molecule has 7 heteroatoms. The number of aryl methyl sites for hydroxylation is 1. The van der Waals surface area contributed by atoms with E-state index in [9.17, 15) is 4.79 Å². The van der Waals surface area contributed by atoms with Crippen molar-refractivity contribution in [3.8, 4) is 5.75 Å². The smallest absolute Gasteiger partial charge is 0.410 e. The Morgan fingerprint density at radius 2 is 1.73 bits per heavy atom. The van der Waals surface area contributed by atoms with Crippen molar-refractivity contribution in [3.05, 3.63) is 53.7 Å². The summed E-state index contributed by atoms with van der Waals surface area (Å²) in [6.45, 7) is 11.4. The van der Waals surface area contributed by atoms with Gasteiger partial charge < -0.3 is 19.3 Å². The Bertz CT molecular complexity index is 1110. The highest BCUT2D eigenvalue weighted by Crippen LogP contribution is 2.27. The standard InChI is InChI=1S/C26H34N4O3/c1-6-23-22-12-9-20(28-13-15-29(16-14-28)25(31)33-26(2,3)4)17-24(22)30(27-23)18-19-7-10-21(32-5)11-8-19/h7-12,17H,6,13-16,18H2,1-5H3. The summed E-state index contributed by atoms with van der Waals surface area (Å²) >= 11 is 0. The van der Waals surface area contributed by atoms with Gasteiger partial charge in [-0.1, -0.05) is 19.1 Å². The topological polar surface area (TPSA) is 59.8 Å². The normalized spacial score (nSPS) is 14.6.